The van der Waals surface area contributed by atoms with Crippen LogP contribution in [0.15, 0.2) is 48.3 Å². The molecule has 1 aromatic carbocycles. The number of methoxy groups -OCH3 is 2. The third-order valence-electron chi connectivity index (χ3n) is 3.86. The Morgan fingerprint density at radius 2 is 1.87 bits per heavy atom. The number of hydrogen-bond donors (Lipinski definition) is 3. The van der Waals surface area contributed by atoms with Crippen molar-refractivity contribution in [2.24, 2.45) is 0 Å². The topological polar surface area (TPSA) is 151 Å². The maximum Gasteiger partial charge on any atom is 0.306 e. The van der Waals surface area contributed by atoms with Crippen molar-refractivity contribution in [2.45, 2.75) is 0 Å². The van der Waals surface area contributed by atoms with Gasteiger partial charge in [-0.2, -0.15) is 5.10 Å². The summed E-state index contributed by atoms with van der Waals surface area (Å²) in [6, 6.07) is 5.41. The third-order valence-corrected chi connectivity index (χ3v) is 5.04. The van der Waals surface area contributed by atoms with E-state index >= 15 is 0 Å². The molecular formula is C20H18N6O4S. The fourth-order valence-electron chi connectivity index (χ4n) is 2.42. The Labute approximate surface area is 180 Å². The minimum atomic E-state index is -1.07. The van der Waals surface area contributed by atoms with Gasteiger partial charge in [-0.05, 0) is 30.2 Å². The van der Waals surface area contributed by atoms with Crippen LogP contribution in [0.2, 0.25) is 0 Å². The van der Waals surface area contributed by atoms with E-state index in [0.717, 1.165) is 5.56 Å². The predicted octanol–water partition coefficient (Wildman–Crippen LogP) is 0.846. The molecule has 158 valence electrons. The molecule has 1 atom stereocenters. The van der Waals surface area contributed by atoms with Crippen LogP contribution < -0.4 is 25.0 Å². The second-order valence-electron chi connectivity index (χ2n) is 5.80. The summed E-state index contributed by atoms with van der Waals surface area (Å²) in [6.45, 7) is 0. The van der Waals surface area contributed by atoms with Gasteiger partial charge in [0.25, 0.3) is 0 Å². The Bertz CT molecular complexity index is 1190. The van der Waals surface area contributed by atoms with Crippen molar-refractivity contribution in [3.63, 3.8) is 0 Å². The number of benzene rings is 1. The Kier molecular flexibility index (Phi) is 6.97. The van der Waals surface area contributed by atoms with Crippen LogP contribution in [0.25, 0.3) is 11.0 Å². The van der Waals surface area contributed by atoms with E-state index in [0.29, 0.717) is 34.0 Å². The summed E-state index contributed by atoms with van der Waals surface area (Å²) in [7, 11) is 3.18. The SMILES string of the molecule is COc1cc(C#Cc2[nH]nc3ncnc(N)c23)cc(OC)c1.O=C([O-])[S+]1C=CC=CN1. The fraction of sp³-hybridized carbons (Fsp3) is 0.100. The van der Waals surface area contributed by atoms with Gasteiger partial charge in [0.1, 0.15) is 29.3 Å². The summed E-state index contributed by atoms with van der Waals surface area (Å²) in [4.78, 5) is 18.1. The molecule has 3 aromatic rings. The minimum absolute atomic E-state index is 0.339. The van der Waals surface area contributed by atoms with Crippen molar-refractivity contribution in [1.29, 1.82) is 0 Å². The lowest BCUT2D eigenvalue weighted by Gasteiger charge is -2.04. The molecular weight excluding hydrogens is 420 g/mol. The number of rotatable bonds is 2. The number of aromatic amines is 1. The van der Waals surface area contributed by atoms with Crippen LogP contribution in [0.1, 0.15) is 11.3 Å². The molecule has 1 aliphatic heterocycles. The van der Waals surface area contributed by atoms with Gasteiger partial charge in [-0.15, -0.1) is 0 Å². The van der Waals surface area contributed by atoms with Crippen molar-refractivity contribution in [1.82, 2.24) is 24.9 Å². The number of H-pyrrole nitrogens is 1. The van der Waals surface area contributed by atoms with E-state index < -0.39 is 16.4 Å². The van der Waals surface area contributed by atoms with Gasteiger partial charge in [0.2, 0.25) is 0 Å². The number of ether oxygens (including phenoxy) is 2. The fourth-order valence-corrected chi connectivity index (χ4v) is 3.18. The number of nitrogen functional groups attached to an aromatic ring is 1. The number of nitrogens with one attached hydrogen (secondary N) is 2. The number of hydrogen-bond acceptors (Lipinski definition) is 9. The maximum atomic E-state index is 10.1. The van der Waals surface area contributed by atoms with E-state index in [1.165, 1.54) is 6.33 Å². The van der Waals surface area contributed by atoms with Crippen LogP contribution in [0.5, 0.6) is 11.5 Å². The highest BCUT2D eigenvalue weighted by Gasteiger charge is 2.16. The third kappa shape index (κ3) is 5.46. The standard InChI is InChI=1S/C15H13N5O2.C5H5NO2S/c1-21-10-5-9(6-11(7-10)22-2)3-4-12-13-14(16)17-8-18-15(13)20-19-12;7-5(8)9-4-2-1-3-6-9/h5-8H,1-2H3,(H3,16,17,18,19,20);1-4,6H. The summed E-state index contributed by atoms with van der Waals surface area (Å²) in [5.41, 5.74) is 7.64. The number of nitrogens with two attached hydrogens (primary N) is 1. The first-order valence-corrected chi connectivity index (χ1v) is 10.0. The van der Waals surface area contributed by atoms with E-state index in [4.69, 9.17) is 15.2 Å². The van der Waals surface area contributed by atoms with Crippen LogP contribution in [-0.4, -0.2) is 39.7 Å². The lowest BCUT2D eigenvalue weighted by Crippen LogP contribution is -2.36. The molecule has 0 bridgehead atoms. The maximum absolute atomic E-state index is 10.1. The predicted molar refractivity (Wildman–Crippen MR) is 116 cm³/mol. The smallest absolute Gasteiger partial charge is 0.306 e. The molecule has 11 heteroatoms. The van der Waals surface area contributed by atoms with Crippen molar-refractivity contribution in [3.05, 3.63) is 59.5 Å². The number of carbonyl (C=O) groups is 1. The average Bonchev–Trinajstić information content (AvgIpc) is 3.23. The van der Waals surface area contributed by atoms with Crippen LogP contribution in [0.3, 0.4) is 0 Å². The Morgan fingerprint density at radius 3 is 2.45 bits per heavy atom. The van der Waals surface area contributed by atoms with E-state index in [9.17, 15) is 9.90 Å². The van der Waals surface area contributed by atoms with Crippen molar-refractivity contribution in [2.75, 3.05) is 20.0 Å². The zero-order valence-electron chi connectivity index (χ0n) is 16.6. The summed E-state index contributed by atoms with van der Waals surface area (Å²) in [5.74, 6) is 7.69. The number of carbonyl (C=O) groups excluding carboxylic acids is 1. The van der Waals surface area contributed by atoms with E-state index in [1.54, 1.807) is 44.0 Å². The molecule has 31 heavy (non-hydrogen) atoms. The van der Waals surface area contributed by atoms with Crippen LogP contribution >= 0.6 is 0 Å². The molecule has 4 N–H and O–H groups in total. The normalized spacial score (nSPS) is 13.9. The van der Waals surface area contributed by atoms with Crippen molar-refractivity contribution < 1.29 is 19.4 Å². The van der Waals surface area contributed by atoms with Crippen LogP contribution in [-0.2, 0) is 11.1 Å². The largest absolute Gasteiger partial charge is 0.502 e. The molecule has 1 unspecified atom stereocenters. The molecule has 0 saturated carbocycles. The first-order chi connectivity index (χ1) is 15.0. The molecule has 0 saturated heterocycles. The lowest BCUT2D eigenvalue weighted by molar-refractivity contribution is -0.233. The summed E-state index contributed by atoms with van der Waals surface area (Å²) >= 11 is -0.908. The summed E-state index contributed by atoms with van der Waals surface area (Å²) in [6.07, 6.45) is 6.35. The van der Waals surface area contributed by atoms with Gasteiger partial charge in [0.05, 0.1) is 19.6 Å². The van der Waals surface area contributed by atoms with E-state index in [-0.39, 0.29) is 0 Å². The molecule has 0 amide bonds. The zero-order chi connectivity index (χ0) is 22.2. The Balaban J connectivity index is 0.000000254. The average molecular weight is 438 g/mol. The first kappa shape index (κ1) is 21.5. The summed E-state index contributed by atoms with van der Waals surface area (Å²) < 4.78 is 13.0. The van der Waals surface area contributed by atoms with Crippen LogP contribution in [0, 0.1) is 11.8 Å². The van der Waals surface area contributed by atoms with Gasteiger partial charge in [0, 0.05) is 17.8 Å². The molecule has 4 rings (SSSR count). The molecule has 0 spiro atoms. The summed E-state index contributed by atoms with van der Waals surface area (Å²) in [5, 5.41) is 18.1. The molecule has 0 radical (unpaired) electrons. The van der Waals surface area contributed by atoms with Gasteiger partial charge in [-0.3, -0.25) is 5.10 Å². The second-order valence-corrected chi connectivity index (χ2v) is 7.32. The lowest BCUT2D eigenvalue weighted by atomic mass is 10.2. The zero-order valence-corrected chi connectivity index (χ0v) is 17.4. The van der Waals surface area contributed by atoms with Gasteiger partial charge < -0.3 is 25.1 Å². The van der Waals surface area contributed by atoms with Crippen molar-refractivity contribution in [3.8, 4) is 23.3 Å². The number of aromatic nitrogens is 4. The monoisotopic (exact) mass is 438 g/mol. The number of anilines is 1. The quantitative estimate of drug-likeness (QED) is 0.390. The highest BCUT2D eigenvalue weighted by molar-refractivity contribution is 8.11. The van der Waals surface area contributed by atoms with Gasteiger partial charge in [-0.1, -0.05) is 5.92 Å². The van der Waals surface area contributed by atoms with Gasteiger partial charge >= 0.3 is 5.30 Å². The van der Waals surface area contributed by atoms with Crippen molar-refractivity contribution >= 4 is 33.2 Å². The molecule has 3 heterocycles. The number of carboxylic acid groups (broad SMARTS) is 1. The van der Waals surface area contributed by atoms with Gasteiger partial charge in [-0.25, -0.2) is 14.7 Å². The number of nitrogens with zero attached hydrogens (tertiary/aromatic N) is 3. The van der Waals surface area contributed by atoms with Gasteiger partial charge in [0.15, 0.2) is 22.1 Å². The Hall–Kier alpha value is -4.17. The van der Waals surface area contributed by atoms with E-state index in [2.05, 4.69) is 36.7 Å². The second kappa shape index (κ2) is 10.0. The van der Waals surface area contributed by atoms with E-state index in [1.807, 2.05) is 12.1 Å². The molecule has 1 aliphatic rings. The van der Waals surface area contributed by atoms with Crippen LogP contribution in [0.4, 0.5) is 10.6 Å². The first-order valence-electron chi connectivity index (χ1n) is 8.75. The molecule has 2 aromatic heterocycles. The Morgan fingerprint density at radius 1 is 1.13 bits per heavy atom. The minimum Gasteiger partial charge on any atom is -0.502 e. The molecule has 10 nitrogen and oxygen atoms in total. The highest BCUT2D eigenvalue weighted by atomic mass is 32.2. The highest BCUT2D eigenvalue weighted by Crippen LogP contribution is 2.22. The number of allylic oxidation sites excluding steroid dienone is 2. The molecule has 0 fully saturated rings. The molecule has 0 aliphatic carbocycles. The number of fused-ring (bicyclic) bond motifs is 1.